The van der Waals surface area contributed by atoms with Gasteiger partial charge in [-0.15, -0.1) is 0 Å². The van der Waals surface area contributed by atoms with E-state index in [1.165, 1.54) is 0 Å². The number of nitrogens with zero attached hydrogens (tertiary/aromatic N) is 2. The van der Waals surface area contributed by atoms with Gasteiger partial charge in [-0.1, -0.05) is 36.4 Å². The first-order valence-corrected chi connectivity index (χ1v) is 8.03. The van der Waals surface area contributed by atoms with Crippen LogP contribution in [-0.4, -0.2) is 33.9 Å². The normalized spacial score (nSPS) is 22.4. The lowest BCUT2D eigenvalue weighted by molar-refractivity contribution is -0.0188. The van der Waals surface area contributed by atoms with Gasteiger partial charge in [0.2, 0.25) is 0 Å². The molecular weight excluding hydrogens is 288 g/mol. The first kappa shape index (κ1) is 14.0. The minimum absolute atomic E-state index is 0.0814. The molecule has 0 N–H and O–H groups in total. The summed E-state index contributed by atoms with van der Waals surface area (Å²) in [5, 5.41) is 3.39. The van der Waals surface area contributed by atoms with E-state index >= 15 is 0 Å². The fourth-order valence-corrected chi connectivity index (χ4v) is 3.68. The van der Waals surface area contributed by atoms with Crippen LogP contribution in [0.25, 0.3) is 0 Å². The molecule has 1 saturated heterocycles. The molecule has 2 aromatic rings. The van der Waals surface area contributed by atoms with Gasteiger partial charge in [-0.25, -0.2) is 10.0 Å². The standard InChI is InChI=1S/C19H18N2O2/c22-18(14-7-3-1-4-8-14)20-16-11-12-17(13-16)21(20)19(23)15-9-5-2-6-10-15/h1-10,16-17H,11-13H2/t16-,17-/m1/s1. The molecule has 2 bridgehead atoms. The van der Waals surface area contributed by atoms with Crippen molar-refractivity contribution in [3.63, 3.8) is 0 Å². The minimum atomic E-state index is -0.0814. The highest BCUT2D eigenvalue weighted by molar-refractivity contribution is 6.00. The SMILES string of the molecule is O=C(c1ccccc1)N1[C@@H]2CC[C@H](C2)N1C(=O)c1ccccc1. The number of amides is 2. The van der Waals surface area contributed by atoms with Gasteiger partial charge >= 0.3 is 0 Å². The van der Waals surface area contributed by atoms with E-state index < -0.39 is 0 Å². The Kier molecular flexibility index (Phi) is 3.37. The lowest BCUT2D eigenvalue weighted by atomic mass is 10.1. The van der Waals surface area contributed by atoms with E-state index in [4.69, 9.17) is 0 Å². The molecule has 1 aliphatic heterocycles. The van der Waals surface area contributed by atoms with Gasteiger partial charge in [-0.2, -0.15) is 0 Å². The van der Waals surface area contributed by atoms with Crippen LogP contribution in [0.3, 0.4) is 0 Å². The maximum absolute atomic E-state index is 12.9. The van der Waals surface area contributed by atoms with Crippen LogP contribution in [0.1, 0.15) is 40.0 Å². The number of benzene rings is 2. The van der Waals surface area contributed by atoms with Crippen molar-refractivity contribution in [1.29, 1.82) is 0 Å². The van der Waals surface area contributed by atoms with E-state index in [2.05, 4.69) is 0 Å². The van der Waals surface area contributed by atoms with Crippen LogP contribution in [0.15, 0.2) is 60.7 Å². The molecule has 0 unspecified atom stereocenters. The smallest absolute Gasteiger partial charge is 0.267 e. The summed E-state index contributed by atoms with van der Waals surface area (Å²) in [7, 11) is 0. The van der Waals surface area contributed by atoms with Gasteiger partial charge in [0.05, 0.1) is 12.1 Å². The highest BCUT2D eigenvalue weighted by Crippen LogP contribution is 2.39. The Labute approximate surface area is 135 Å². The first-order valence-electron chi connectivity index (χ1n) is 8.03. The Morgan fingerprint density at radius 3 is 1.48 bits per heavy atom. The Hall–Kier alpha value is -2.62. The predicted molar refractivity (Wildman–Crippen MR) is 86.7 cm³/mol. The summed E-state index contributed by atoms with van der Waals surface area (Å²) < 4.78 is 0. The molecule has 1 saturated carbocycles. The predicted octanol–water partition coefficient (Wildman–Crippen LogP) is 3.12. The fraction of sp³-hybridized carbons (Fsp3) is 0.263. The summed E-state index contributed by atoms with van der Waals surface area (Å²) in [4.78, 5) is 25.8. The Morgan fingerprint density at radius 1 is 0.696 bits per heavy atom. The topological polar surface area (TPSA) is 40.6 Å². The molecule has 4 heteroatoms. The van der Waals surface area contributed by atoms with Gasteiger partial charge in [0, 0.05) is 11.1 Å². The summed E-state index contributed by atoms with van der Waals surface area (Å²) in [6.07, 6.45) is 2.83. The van der Waals surface area contributed by atoms with Gasteiger partial charge in [0.1, 0.15) is 0 Å². The Morgan fingerprint density at radius 2 is 1.09 bits per heavy atom. The lowest BCUT2D eigenvalue weighted by Crippen LogP contribution is -2.53. The summed E-state index contributed by atoms with van der Waals surface area (Å²) in [5.41, 5.74) is 1.26. The molecule has 1 heterocycles. The highest BCUT2D eigenvalue weighted by Gasteiger charge is 2.49. The molecule has 2 amide bonds. The average molecular weight is 306 g/mol. The van der Waals surface area contributed by atoms with Crippen molar-refractivity contribution in [2.75, 3.05) is 0 Å². The van der Waals surface area contributed by atoms with E-state index in [1.807, 2.05) is 36.4 Å². The van der Waals surface area contributed by atoms with Crippen molar-refractivity contribution in [2.45, 2.75) is 31.3 Å². The van der Waals surface area contributed by atoms with Gasteiger partial charge in [-0.3, -0.25) is 9.59 Å². The van der Waals surface area contributed by atoms with Crippen molar-refractivity contribution >= 4 is 11.8 Å². The Bertz CT molecular complexity index is 666. The average Bonchev–Trinajstić information content (AvgIpc) is 3.23. The van der Waals surface area contributed by atoms with Crippen LogP contribution >= 0.6 is 0 Å². The van der Waals surface area contributed by atoms with Crippen LogP contribution in [0.5, 0.6) is 0 Å². The quantitative estimate of drug-likeness (QED) is 0.855. The zero-order valence-corrected chi connectivity index (χ0v) is 12.8. The van der Waals surface area contributed by atoms with E-state index in [9.17, 15) is 9.59 Å². The van der Waals surface area contributed by atoms with Crippen molar-refractivity contribution in [2.24, 2.45) is 0 Å². The molecule has 1 aliphatic carbocycles. The summed E-state index contributed by atoms with van der Waals surface area (Å²) in [6, 6.07) is 18.7. The van der Waals surface area contributed by atoms with Crippen molar-refractivity contribution < 1.29 is 9.59 Å². The first-order chi connectivity index (χ1) is 11.3. The van der Waals surface area contributed by atoms with Gasteiger partial charge < -0.3 is 0 Å². The van der Waals surface area contributed by atoms with Crippen LogP contribution in [0.4, 0.5) is 0 Å². The molecule has 2 aliphatic rings. The van der Waals surface area contributed by atoms with Crippen molar-refractivity contribution in [1.82, 2.24) is 10.0 Å². The number of carbonyl (C=O) groups is 2. The van der Waals surface area contributed by atoms with Crippen molar-refractivity contribution in [3.05, 3.63) is 71.8 Å². The van der Waals surface area contributed by atoms with E-state index in [0.717, 1.165) is 19.3 Å². The van der Waals surface area contributed by atoms with Crippen molar-refractivity contribution in [3.8, 4) is 0 Å². The zero-order valence-electron chi connectivity index (χ0n) is 12.8. The molecule has 0 aromatic heterocycles. The van der Waals surface area contributed by atoms with Crippen LogP contribution < -0.4 is 0 Å². The second kappa shape index (κ2) is 5.54. The fourth-order valence-electron chi connectivity index (χ4n) is 3.68. The molecule has 4 rings (SSSR count). The molecule has 23 heavy (non-hydrogen) atoms. The Balaban J connectivity index is 1.67. The van der Waals surface area contributed by atoms with E-state index in [0.29, 0.717) is 11.1 Å². The number of hydrogen-bond donors (Lipinski definition) is 0. The van der Waals surface area contributed by atoms with Crippen LogP contribution in [0, 0.1) is 0 Å². The molecule has 2 aromatic carbocycles. The second-order valence-corrected chi connectivity index (χ2v) is 6.15. The highest BCUT2D eigenvalue weighted by atomic mass is 16.2. The zero-order chi connectivity index (χ0) is 15.8. The second-order valence-electron chi connectivity index (χ2n) is 6.15. The molecule has 4 nitrogen and oxygen atoms in total. The van der Waals surface area contributed by atoms with E-state index in [1.54, 1.807) is 34.3 Å². The molecule has 2 atom stereocenters. The largest absolute Gasteiger partial charge is 0.272 e. The van der Waals surface area contributed by atoms with Gasteiger partial charge in [-0.05, 0) is 43.5 Å². The third-order valence-corrected chi connectivity index (χ3v) is 4.76. The minimum Gasteiger partial charge on any atom is -0.267 e. The summed E-state index contributed by atoms with van der Waals surface area (Å²) >= 11 is 0. The molecular formula is C19H18N2O2. The van der Waals surface area contributed by atoms with Gasteiger partial charge in [0.15, 0.2) is 0 Å². The van der Waals surface area contributed by atoms with E-state index in [-0.39, 0.29) is 23.9 Å². The molecule has 0 spiro atoms. The van der Waals surface area contributed by atoms with Gasteiger partial charge in [0.25, 0.3) is 11.8 Å². The summed E-state index contributed by atoms with van der Waals surface area (Å²) in [5.74, 6) is -0.163. The number of rotatable bonds is 2. The number of hydrogen-bond acceptors (Lipinski definition) is 2. The molecule has 116 valence electrons. The third kappa shape index (κ3) is 2.31. The summed E-state index contributed by atoms with van der Waals surface area (Å²) in [6.45, 7) is 0. The lowest BCUT2D eigenvalue weighted by Gasteiger charge is -2.38. The number of fused-ring (bicyclic) bond motifs is 2. The number of carbonyl (C=O) groups excluding carboxylic acids is 2. The third-order valence-electron chi connectivity index (χ3n) is 4.76. The molecule has 2 fully saturated rings. The monoisotopic (exact) mass is 306 g/mol. The number of hydrazine groups is 1. The van der Waals surface area contributed by atoms with Crippen LogP contribution in [-0.2, 0) is 0 Å². The maximum Gasteiger partial charge on any atom is 0.272 e. The molecule has 0 radical (unpaired) electrons. The maximum atomic E-state index is 12.9. The van der Waals surface area contributed by atoms with Crippen LogP contribution in [0.2, 0.25) is 0 Å².